The first-order valence-corrected chi connectivity index (χ1v) is 15.8. The minimum atomic E-state index is -3.81. The van der Waals surface area contributed by atoms with E-state index in [4.69, 9.17) is 4.74 Å². The Morgan fingerprint density at radius 3 is 2.49 bits per heavy atom. The number of rotatable bonds is 8. The molecule has 224 valence electrons. The number of nitrogens with zero attached hydrogens (tertiary/aromatic N) is 2. The van der Waals surface area contributed by atoms with Gasteiger partial charge in [0.1, 0.15) is 6.10 Å². The highest BCUT2D eigenvalue weighted by molar-refractivity contribution is 7.89. The zero-order valence-electron chi connectivity index (χ0n) is 24.3. The maximum Gasteiger partial charge on any atom is 0.319 e. The number of hydrogen-bond donors (Lipinski definition) is 3. The largest absolute Gasteiger partial charge is 0.486 e. The number of hydrogen-bond acceptors (Lipinski definition) is 6. The molecule has 0 unspecified atom stereocenters. The van der Waals surface area contributed by atoms with E-state index in [1.807, 2.05) is 13.8 Å². The molecule has 1 saturated carbocycles. The second-order valence-corrected chi connectivity index (χ2v) is 13.4. The highest BCUT2D eigenvalue weighted by Crippen LogP contribution is 2.35. The smallest absolute Gasteiger partial charge is 0.319 e. The Morgan fingerprint density at radius 1 is 1.15 bits per heavy atom. The summed E-state index contributed by atoms with van der Waals surface area (Å²) in [4.78, 5) is 28.4. The summed E-state index contributed by atoms with van der Waals surface area (Å²) in [5.41, 5.74) is 1.51. The number of sulfonamides is 1. The van der Waals surface area contributed by atoms with E-state index >= 15 is 0 Å². The number of anilines is 1. The van der Waals surface area contributed by atoms with Crippen molar-refractivity contribution in [1.82, 2.24) is 14.5 Å². The van der Waals surface area contributed by atoms with Crippen molar-refractivity contribution in [2.24, 2.45) is 5.92 Å². The second kappa shape index (κ2) is 13.2. The number of amides is 3. The number of aryl methyl sites for hydroxylation is 1. The summed E-state index contributed by atoms with van der Waals surface area (Å²) in [6.07, 6.45) is 4.49. The fourth-order valence-corrected chi connectivity index (χ4v) is 6.58. The molecular formula is C30H42N4O6S. The Morgan fingerprint density at radius 2 is 1.83 bits per heavy atom. The lowest BCUT2D eigenvalue weighted by molar-refractivity contribution is 0.0389. The zero-order chi connectivity index (χ0) is 29.7. The highest BCUT2D eigenvalue weighted by Gasteiger charge is 2.36. The molecule has 1 heterocycles. The standard InChI is InChI=1S/C30H42N4O6S/c1-20-13-15-24(16-14-20)41(38,39)33(4)18-27-21(2)17-34(22(3)19-35)29(36)25-11-8-12-26(28(25)40-27)32-30(37)31-23-9-6-5-7-10-23/h8,11-16,21-23,27,35H,5-7,9-10,17-19H2,1-4H3,(H2,31,32,37)/t21-,22-,27-/m1/s1. The average molecular weight is 587 g/mol. The molecule has 41 heavy (non-hydrogen) atoms. The van der Waals surface area contributed by atoms with Crippen molar-refractivity contribution >= 4 is 27.6 Å². The molecule has 0 saturated heterocycles. The summed E-state index contributed by atoms with van der Waals surface area (Å²) in [5, 5.41) is 15.8. The van der Waals surface area contributed by atoms with Crippen molar-refractivity contribution in [2.75, 3.05) is 32.1 Å². The van der Waals surface area contributed by atoms with E-state index in [9.17, 15) is 23.1 Å². The van der Waals surface area contributed by atoms with Gasteiger partial charge >= 0.3 is 6.03 Å². The van der Waals surface area contributed by atoms with Crippen molar-refractivity contribution in [2.45, 2.75) is 76.0 Å². The van der Waals surface area contributed by atoms with E-state index in [2.05, 4.69) is 10.6 Å². The van der Waals surface area contributed by atoms with E-state index in [0.29, 0.717) is 5.69 Å². The van der Waals surface area contributed by atoms with E-state index in [1.165, 1.54) is 17.8 Å². The molecule has 2 aromatic carbocycles. The van der Waals surface area contributed by atoms with Gasteiger partial charge < -0.3 is 25.4 Å². The molecule has 10 nitrogen and oxygen atoms in total. The van der Waals surface area contributed by atoms with E-state index in [1.54, 1.807) is 54.3 Å². The predicted molar refractivity (Wildman–Crippen MR) is 158 cm³/mol. The van der Waals surface area contributed by atoms with Crippen LogP contribution in [0.4, 0.5) is 10.5 Å². The van der Waals surface area contributed by atoms with Gasteiger partial charge in [0.2, 0.25) is 10.0 Å². The van der Waals surface area contributed by atoms with Gasteiger partial charge in [-0.05, 0) is 51.0 Å². The predicted octanol–water partition coefficient (Wildman–Crippen LogP) is 3.99. The number of benzene rings is 2. The lowest BCUT2D eigenvalue weighted by Gasteiger charge is -2.38. The molecule has 2 aliphatic rings. The molecule has 0 spiro atoms. The first kappa shape index (κ1) is 30.8. The van der Waals surface area contributed by atoms with Crippen molar-refractivity contribution in [3.05, 3.63) is 53.6 Å². The molecule has 0 aromatic heterocycles. The zero-order valence-corrected chi connectivity index (χ0v) is 25.1. The number of aliphatic hydroxyl groups excluding tert-OH is 1. The molecule has 0 radical (unpaired) electrons. The summed E-state index contributed by atoms with van der Waals surface area (Å²) in [6, 6.07) is 10.9. The van der Waals surface area contributed by atoms with Crippen LogP contribution in [0.25, 0.3) is 0 Å². The van der Waals surface area contributed by atoms with Crippen LogP contribution < -0.4 is 15.4 Å². The summed E-state index contributed by atoms with van der Waals surface area (Å²) < 4.78 is 34.5. The van der Waals surface area contributed by atoms with E-state index < -0.39 is 22.2 Å². The Balaban J connectivity index is 1.65. The number of nitrogens with one attached hydrogen (secondary N) is 2. The summed E-state index contributed by atoms with van der Waals surface area (Å²) in [5.74, 6) is -0.450. The van der Waals surface area contributed by atoms with Crippen molar-refractivity contribution in [3.63, 3.8) is 0 Å². The van der Waals surface area contributed by atoms with Crippen LogP contribution in [-0.4, -0.2) is 79.6 Å². The third-order valence-corrected chi connectivity index (χ3v) is 9.88. The van der Waals surface area contributed by atoms with Crippen molar-refractivity contribution in [3.8, 4) is 5.75 Å². The van der Waals surface area contributed by atoms with Gasteiger partial charge in [-0.2, -0.15) is 4.31 Å². The third-order valence-electron chi connectivity index (χ3n) is 8.05. The molecule has 3 atom stereocenters. The molecule has 3 amide bonds. The Labute approximate surface area is 243 Å². The first-order chi connectivity index (χ1) is 19.5. The van der Waals surface area contributed by atoms with Crippen LogP contribution in [0.3, 0.4) is 0 Å². The van der Waals surface area contributed by atoms with Crippen LogP contribution in [0, 0.1) is 12.8 Å². The van der Waals surface area contributed by atoms with Crippen LogP contribution in [0.5, 0.6) is 5.75 Å². The summed E-state index contributed by atoms with van der Waals surface area (Å²) >= 11 is 0. The highest BCUT2D eigenvalue weighted by atomic mass is 32.2. The SMILES string of the molecule is Cc1ccc(S(=O)(=O)N(C)C[C@H]2Oc3c(NC(=O)NC4CCCCC4)cccc3C(=O)N([C@H](C)CO)C[C@H]2C)cc1. The number of fused-ring (bicyclic) bond motifs is 1. The average Bonchev–Trinajstić information content (AvgIpc) is 2.95. The van der Waals surface area contributed by atoms with Crippen LogP contribution in [0.15, 0.2) is 47.4 Å². The number of urea groups is 1. The van der Waals surface area contributed by atoms with Gasteiger partial charge in [0.25, 0.3) is 5.91 Å². The molecule has 1 aliphatic heterocycles. The van der Waals surface area contributed by atoms with Gasteiger partial charge in [-0.15, -0.1) is 0 Å². The molecule has 3 N–H and O–H groups in total. The molecule has 0 bridgehead atoms. The fourth-order valence-electron chi connectivity index (χ4n) is 5.39. The molecule has 11 heteroatoms. The van der Waals surface area contributed by atoms with Gasteiger partial charge in [-0.25, -0.2) is 13.2 Å². The number of carbonyl (C=O) groups is 2. The molecule has 1 aliphatic carbocycles. The summed E-state index contributed by atoms with van der Waals surface area (Å²) in [7, 11) is -2.31. The third kappa shape index (κ3) is 7.20. The van der Waals surface area contributed by atoms with E-state index in [-0.39, 0.29) is 59.8 Å². The van der Waals surface area contributed by atoms with Crippen LogP contribution in [0.2, 0.25) is 0 Å². The number of likely N-dealkylation sites (N-methyl/N-ethyl adjacent to an activating group) is 1. The number of carbonyl (C=O) groups excluding carboxylic acids is 2. The fraction of sp³-hybridized carbons (Fsp3) is 0.533. The maximum absolute atomic E-state index is 13.7. The molecule has 4 rings (SSSR count). The molecule has 2 aromatic rings. The maximum atomic E-state index is 13.7. The minimum Gasteiger partial charge on any atom is -0.486 e. The van der Waals surface area contributed by atoms with Crippen LogP contribution in [-0.2, 0) is 10.0 Å². The normalized spacial score (nSPS) is 20.9. The van der Waals surface area contributed by atoms with Gasteiger partial charge in [-0.1, -0.05) is 49.9 Å². The van der Waals surface area contributed by atoms with Crippen LogP contribution >= 0.6 is 0 Å². The number of para-hydroxylation sites is 1. The van der Waals surface area contributed by atoms with Gasteiger partial charge in [0.15, 0.2) is 5.75 Å². The van der Waals surface area contributed by atoms with E-state index in [0.717, 1.165) is 31.2 Å². The topological polar surface area (TPSA) is 128 Å². The monoisotopic (exact) mass is 586 g/mol. The lowest BCUT2D eigenvalue weighted by atomic mass is 9.96. The van der Waals surface area contributed by atoms with Gasteiger partial charge in [0, 0.05) is 25.6 Å². The number of aliphatic hydroxyl groups is 1. The quantitative estimate of drug-likeness (QED) is 0.429. The minimum absolute atomic E-state index is 0.00889. The first-order valence-electron chi connectivity index (χ1n) is 14.3. The van der Waals surface area contributed by atoms with Gasteiger partial charge in [0.05, 0.1) is 35.3 Å². The van der Waals surface area contributed by atoms with Crippen molar-refractivity contribution in [1.29, 1.82) is 0 Å². The van der Waals surface area contributed by atoms with Crippen LogP contribution in [0.1, 0.15) is 61.9 Å². The second-order valence-electron chi connectivity index (χ2n) is 11.3. The van der Waals surface area contributed by atoms with Crippen molar-refractivity contribution < 1.29 is 27.9 Å². The number of ether oxygens (including phenoxy) is 1. The molecular weight excluding hydrogens is 544 g/mol. The summed E-state index contributed by atoms with van der Waals surface area (Å²) in [6.45, 7) is 5.57. The Kier molecular flexibility index (Phi) is 9.93. The van der Waals surface area contributed by atoms with Gasteiger partial charge in [-0.3, -0.25) is 4.79 Å². The lowest BCUT2D eigenvalue weighted by Crippen LogP contribution is -2.50. The Hall–Kier alpha value is -3.15. The molecule has 1 fully saturated rings. The Bertz CT molecular complexity index is 1330.